The molecule has 2 rings (SSSR count). The Hall–Kier alpha value is -1.94. The molecule has 0 fully saturated rings. The van der Waals surface area contributed by atoms with Crippen LogP contribution in [0.1, 0.15) is 17.4 Å². The van der Waals surface area contributed by atoms with Crippen LogP contribution in [-0.2, 0) is 6.42 Å². The van der Waals surface area contributed by atoms with E-state index < -0.39 is 0 Å². The molecule has 1 aromatic heterocycles. The van der Waals surface area contributed by atoms with Gasteiger partial charge in [-0.2, -0.15) is 0 Å². The monoisotopic (exact) mass is 215 g/mol. The van der Waals surface area contributed by atoms with E-state index in [1.807, 2.05) is 30.3 Å². The van der Waals surface area contributed by atoms with Crippen molar-refractivity contribution in [2.45, 2.75) is 12.5 Å². The van der Waals surface area contributed by atoms with Gasteiger partial charge in [-0.05, 0) is 12.0 Å². The van der Waals surface area contributed by atoms with Gasteiger partial charge in [0.05, 0.1) is 6.04 Å². The highest BCUT2D eigenvalue weighted by Gasteiger charge is 2.08. The van der Waals surface area contributed by atoms with E-state index in [1.165, 1.54) is 12.3 Å². The topological polar surface area (TPSA) is 71.8 Å². The lowest BCUT2D eigenvalue weighted by molar-refractivity contribution is 0.663. The second-order valence-corrected chi connectivity index (χ2v) is 3.62. The van der Waals surface area contributed by atoms with Crippen molar-refractivity contribution >= 4 is 0 Å². The summed E-state index contributed by atoms with van der Waals surface area (Å²) in [6.07, 6.45) is 2.13. The van der Waals surface area contributed by atoms with E-state index in [9.17, 15) is 4.79 Å². The molecule has 4 heteroatoms. The smallest absolute Gasteiger partial charge is 0.250 e. The van der Waals surface area contributed by atoms with E-state index in [4.69, 9.17) is 5.73 Å². The van der Waals surface area contributed by atoms with Gasteiger partial charge in [-0.25, -0.2) is 4.98 Å². The van der Waals surface area contributed by atoms with Crippen molar-refractivity contribution in [3.05, 3.63) is 64.3 Å². The molecule has 0 aliphatic carbocycles. The van der Waals surface area contributed by atoms with Gasteiger partial charge in [0.15, 0.2) is 0 Å². The molecule has 1 aromatic carbocycles. The first kappa shape index (κ1) is 10.6. The van der Waals surface area contributed by atoms with Crippen molar-refractivity contribution in [3.63, 3.8) is 0 Å². The molecule has 0 spiro atoms. The minimum absolute atomic E-state index is 0.173. The maximum Gasteiger partial charge on any atom is 0.250 e. The van der Waals surface area contributed by atoms with E-state index in [1.54, 1.807) is 0 Å². The molecule has 2 aromatic rings. The molecule has 0 bridgehead atoms. The Morgan fingerprint density at radius 1 is 1.25 bits per heavy atom. The molecule has 1 heterocycles. The Morgan fingerprint density at radius 2 is 2.00 bits per heavy atom. The molecule has 1 unspecified atom stereocenters. The summed E-state index contributed by atoms with van der Waals surface area (Å²) in [5, 5.41) is 0. The molecular formula is C12H13N3O. The molecule has 0 aliphatic rings. The second-order valence-electron chi connectivity index (χ2n) is 3.62. The Bertz CT molecular complexity index is 507. The van der Waals surface area contributed by atoms with Gasteiger partial charge in [0.2, 0.25) is 0 Å². The van der Waals surface area contributed by atoms with Gasteiger partial charge in [-0.3, -0.25) is 4.79 Å². The highest BCUT2D eigenvalue weighted by Crippen LogP contribution is 2.10. The zero-order valence-electron chi connectivity index (χ0n) is 8.76. The van der Waals surface area contributed by atoms with Crippen molar-refractivity contribution in [1.29, 1.82) is 0 Å². The summed E-state index contributed by atoms with van der Waals surface area (Å²) in [5.41, 5.74) is 6.92. The number of nitrogens with two attached hydrogens (primary N) is 1. The Kier molecular flexibility index (Phi) is 3.12. The van der Waals surface area contributed by atoms with Crippen LogP contribution in [0.5, 0.6) is 0 Å². The summed E-state index contributed by atoms with van der Waals surface area (Å²) in [5.74, 6) is 0.524. The van der Waals surface area contributed by atoms with Gasteiger partial charge < -0.3 is 10.7 Å². The van der Waals surface area contributed by atoms with E-state index in [0.717, 1.165) is 5.56 Å². The van der Waals surface area contributed by atoms with Crippen LogP contribution in [-0.4, -0.2) is 9.97 Å². The molecule has 0 saturated heterocycles. The van der Waals surface area contributed by atoms with Crippen LogP contribution in [0.2, 0.25) is 0 Å². The summed E-state index contributed by atoms with van der Waals surface area (Å²) in [7, 11) is 0. The third kappa shape index (κ3) is 2.55. The molecule has 3 N–H and O–H groups in total. The first-order valence-corrected chi connectivity index (χ1v) is 5.10. The van der Waals surface area contributed by atoms with Gasteiger partial charge in [0, 0.05) is 12.3 Å². The first-order valence-electron chi connectivity index (χ1n) is 5.10. The summed E-state index contributed by atoms with van der Waals surface area (Å²) in [6, 6.07) is 11.0. The average Bonchev–Trinajstić information content (AvgIpc) is 2.30. The quantitative estimate of drug-likeness (QED) is 0.802. The van der Waals surface area contributed by atoms with Crippen molar-refractivity contribution in [3.8, 4) is 0 Å². The van der Waals surface area contributed by atoms with Gasteiger partial charge in [-0.15, -0.1) is 0 Å². The Morgan fingerprint density at radius 3 is 2.69 bits per heavy atom. The number of aromatic amines is 1. The van der Waals surface area contributed by atoms with Crippen LogP contribution >= 0.6 is 0 Å². The number of rotatable bonds is 3. The maximum absolute atomic E-state index is 11.1. The molecule has 82 valence electrons. The number of benzene rings is 1. The molecule has 0 saturated carbocycles. The SMILES string of the molecule is NC(Cc1ccccc1)c1nccc(=O)[nH]1. The van der Waals surface area contributed by atoms with Crippen molar-refractivity contribution < 1.29 is 0 Å². The van der Waals surface area contributed by atoms with Crippen LogP contribution in [0, 0.1) is 0 Å². The van der Waals surface area contributed by atoms with E-state index in [2.05, 4.69) is 9.97 Å². The molecule has 0 amide bonds. The number of nitrogens with zero attached hydrogens (tertiary/aromatic N) is 1. The summed E-state index contributed by atoms with van der Waals surface area (Å²) < 4.78 is 0. The summed E-state index contributed by atoms with van der Waals surface area (Å²) >= 11 is 0. The van der Waals surface area contributed by atoms with Crippen molar-refractivity contribution in [2.24, 2.45) is 5.73 Å². The van der Waals surface area contributed by atoms with Crippen LogP contribution in [0.15, 0.2) is 47.4 Å². The zero-order valence-corrected chi connectivity index (χ0v) is 8.76. The number of aromatic nitrogens is 2. The van der Waals surface area contributed by atoms with Crippen LogP contribution in [0.3, 0.4) is 0 Å². The van der Waals surface area contributed by atoms with Gasteiger partial charge >= 0.3 is 0 Å². The van der Waals surface area contributed by atoms with Crippen molar-refractivity contribution in [1.82, 2.24) is 9.97 Å². The van der Waals surface area contributed by atoms with Gasteiger partial charge in [-0.1, -0.05) is 30.3 Å². The van der Waals surface area contributed by atoms with E-state index in [-0.39, 0.29) is 11.6 Å². The number of hydrogen-bond acceptors (Lipinski definition) is 3. The summed E-state index contributed by atoms with van der Waals surface area (Å²) in [6.45, 7) is 0. The summed E-state index contributed by atoms with van der Waals surface area (Å²) in [4.78, 5) is 17.8. The highest BCUT2D eigenvalue weighted by molar-refractivity contribution is 5.17. The molecule has 0 aliphatic heterocycles. The predicted octanol–water partition coefficient (Wildman–Crippen LogP) is 1.01. The lowest BCUT2D eigenvalue weighted by Crippen LogP contribution is -2.20. The van der Waals surface area contributed by atoms with E-state index >= 15 is 0 Å². The number of nitrogens with one attached hydrogen (secondary N) is 1. The number of hydrogen-bond donors (Lipinski definition) is 2. The largest absolute Gasteiger partial charge is 0.321 e. The standard InChI is InChI=1S/C12H13N3O/c13-10(8-9-4-2-1-3-5-9)12-14-7-6-11(16)15-12/h1-7,10H,8,13H2,(H,14,15,16). The highest BCUT2D eigenvalue weighted by atomic mass is 16.1. The van der Waals surface area contributed by atoms with Crippen LogP contribution < -0.4 is 11.3 Å². The average molecular weight is 215 g/mol. The second kappa shape index (κ2) is 4.72. The fraction of sp³-hybridized carbons (Fsp3) is 0.167. The fourth-order valence-corrected chi connectivity index (χ4v) is 1.54. The van der Waals surface area contributed by atoms with E-state index in [0.29, 0.717) is 12.2 Å². The zero-order chi connectivity index (χ0) is 11.4. The minimum atomic E-state index is -0.281. The normalized spacial score (nSPS) is 12.3. The number of H-pyrrole nitrogens is 1. The minimum Gasteiger partial charge on any atom is -0.321 e. The lowest BCUT2D eigenvalue weighted by atomic mass is 10.1. The predicted molar refractivity (Wildman–Crippen MR) is 61.9 cm³/mol. The van der Waals surface area contributed by atoms with Gasteiger partial charge in [0.25, 0.3) is 5.56 Å². The third-order valence-electron chi connectivity index (χ3n) is 2.34. The molecule has 0 radical (unpaired) electrons. The van der Waals surface area contributed by atoms with Gasteiger partial charge in [0.1, 0.15) is 5.82 Å². The maximum atomic E-state index is 11.1. The molecule has 16 heavy (non-hydrogen) atoms. The molecule has 4 nitrogen and oxygen atoms in total. The Balaban J connectivity index is 2.15. The van der Waals surface area contributed by atoms with Crippen LogP contribution in [0.4, 0.5) is 0 Å². The Labute approximate surface area is 93.2 Å². The third-order valence-corrected chi connectivity index (χ3v) is 2.34. The lowest BCUT2D eigenvalue weighted by Gasteiger charge is -2.10. The molecule has 1 atom stereocenters. The van der Waals surface area contributed by atoms with Crippen molar-refractivity contribution in [2.75, 3.05) is 0 Å². The first-order chi connectivity index (χ1) is 7.75. The molecular weight excluding hydrogens is 202 g/mol. The fourth-order valence-electron chi connectivity index (χ4n) is 1.54. The van der Waals surface area contributed by atoms with Crippen LogP contribution in [0.25, 0.3) is 0 Å².